The maximum absolute atomic E-state index is 12.7. The highest BCUT2D eigenvalue weighted by atomic mass is 32.1. The number of alkyl halides is 3. The third-order valence-corrected chi connectivity index (χ3v) is 5.09. The minimum absolute atomic E-state index is 0.183. The molecule has 0 aliphatic rings. The van der Waals surface area contributed by atoms with Crippen molar-refractivity contribution >= 4 is 22.2 Å². The Labute approximate surface area is 166 Å². The van der Waals surface area contributed by atoms with Crippen LogP contribution in [0.15, 0.2) is 48.5 Å². The first-order chi connectivity index (χ1) is 13.8. The molecule has 0 saturated heterocycles. The summed E-state index contributed by atoms with van der Waals surface area (Å²) in [5, 5.41) is 8.59. The zero-order chi connectivity index (χ0) is 20.6. The van der Waals surface area contributed by atoms with Gasteiger partial charge in [0.2, 0.25) is 0 Å². The first-order valence-corrected chi connectivity index (χ1v) is 9.47. The summed E-state index contributed by atoms with van der Waals surface area (Å²) in [7, 11) is 0. The van der Waals surface area contributed by atoms with Gasteiger partial charge in [-0.3, -0.25) is 13.9 Å². The van der Waals surface area contributed by atoms with Crippen LogP contribution >= 0.6 is 11.3 Å². The highest BCUT2D eigenvalue weighted by Crippen LogP contribution is 2.31. The summed E-state index contributed by atoms with van der Waals surface area (Å²) in [5.74, 6) is -0.278. The van der Waals surface area contributed by atoms with Crippen molar-refractivity contribution in [3.63, 3.8) is 0 Å². The quantitative estimate of drug-likeness (QED) is 0.536. The Balaban J connectivity index is 1.53. The molecule has 0 radical (unpaired) electrons. The van der Waals surface area contributed by atoms with E-state index in [-0.39, 0.29) is 11.9 Å². The van der Waals surface area contributed by atoms with E-state index >= 15 is 0 Å². The van der Waals surface area contributed by atoms with Crippen molar-refractivity contribution in [2.45, 2.75) is 25.7 Å². The van der Waals surface area contributed by atoms with Crippen LogP contribution in [0.4, 0.5) is 13.2 Å². The number of benzene rings is 1. The molecule has 1 amide bonds. The second kappa shape index (κ2) is 7.32. The highest BCUT2D eigenvalue weighted by molar-refractivity contribution is 7.15. The topological polar surface area (TPSA) is 77.1 Å². The van der Waals surface area contributed by atoms with E-state index in [1.807, 2.05) is 6.92 Å². The smallest absolute Gasteiger partial charge is 0.346 e. The number of rotatable bonds is 5. The van der Waals surface area contributed by atoms with Crippen LogP contribution in [0.2, 0.25) is 0 Å². The number of nitrogens with zero attached hydrogens (tertiary/aromatic N) is 5. The molecule has 1 aromatic carbocycles. The van der Waals surface area contributed by atoms with E-state index in [0.717, 1.165) is 12.1 Å². The normalized spacial score (nSPS) is 13.0. The molecule has 4 aromatic rings. The molecule has 29 heavy (non-hydrogen) atoms. The Morgan fingerprint density at radius 2 is 2.03 bits per heavy atom. The van der Waals surface area contributed by atoms with E-state index in [0.29, 0.717) is 28.5 Å². The third-order valence-electron chi connectivity index (χ3n) is 4.25. The van der Waals surface area contributed by atoms with Crippen LogP contribution in [-0.4, -0.2) is 36.1 Å². The van der Waals surface area contributed by atoms with Crippen molar-refractivity contribution in [1.29, 1.82) is 0 Å². The lowest BCUT2D eigenvalue weighted by Gasteiger charge is -2.13. The fourth-order valence-electron chi connectivity index (χ4n) is 2.87. The van der Waals surface area contributed by atoms with Gasteiger partial charge in [0, 0.05) is 23.2 Å². The molecule has 150 valence electrons. The first-order valence-electron chi connectivity index (χ1n) is 8.59. The Hall–Kier alpha value is -3.21. The van der Waals surface area contributed by atoms with Crippen molar-refractivity contribution in [2.24, 2.45) is 0 Å². The second-order valence-electron chi connectivity index (χ2n) is 6.47. The minimum atomic E-state index is -4.39. The van der Waals surface area contributed by atoms with Crippen LogP contribution in [-0.2, 0) is 12.7 Å². The molecule has 7 nitrogen and oxygen atoms in total. The molecule has 11 heteroatoms. The number of fused-ring (bicyclic) bond motifs is 1. The SMILES string of the molecule is CC(Cn1cncn1)NC(=O)c1csc2nc(-c3ccc(C(F)(F)F)cc3)cn12. The van der Waals surface area contributed by atoms with E-state index < -0.39 is 11.7 Å². The number of amides is 1. The van der Waals surface area contributed by atoms with Gasteiger partial charge < -0.3 is 5.32 Å². The number of hydrogen-bond acceptors (Lipinski definition) is 5. The molecule has 0 fully saturated rings. The molecule has 3 aromatic heterocycles. The molecular formula is C18H15F3N6OS. The Morgan fingerprint density at radius 3 is 2.69 bits per heavy atom. The maximum Gasteiger partial charge on any atom is 0.416 e. The largest absolute Gasteiger partial charge is 0.416 e. The van der Waals surface area contributed by atoms with Crippen LogP contribution in [0.25, 0.3) is 16.2 Å². The van der Waals surface area contributed by atoms with Crippen LogP contribution < -0.4 is 5.32 Å². The average Bonchev–Trinajstić information content (AvgIpc) is 3.37. The fraction of sp³-hybridized carbons (Fsp3) is 0.222. The van der Waals surface area contributed by atoms with Crippen LogP contribution in [0.1, 0.15) is 23.0 Å². The molecule has 0 saturated carbocycles. The van der Waals surface area contributed by atoms with Gasteiger partial charge in [-0.15, -0.1) is 11.3 Å². The van der Waals surface area contributed by atoms with Gasteiger partial charge in [-0.1, -0.05) is 12.1 Å². The standard InChI is InChI=1S/C18H15F3N6OS/c1-11(6-26-10-22-9-23-26)24-16(28)15-8-29-17-25-14(7-27(15)17)12-2-4-13(5-3-12)18(19,20)21/h2-5,7-11H,6H2,1H3,(H,24,28). The van der Waals surface area contributed by atoms with Gasteiger partial charge >= 0.3 is 6.18 Å². The Kier molecular flexibility index (Phi) is 4.82. The summed E-state index contributed by atoms with van der Waals surface area (Å²) in [6.45, 7) is 2.32. The summed E-state index contributed by atoms with van der Waals surface area (Å²) in [4.78, 5) is 21.5. The molecule has 1 unspecified atom stereocenters. The molecule has 0 aliphatic heterocycles. The van der Waals surface area contributed by atoms with Crippen molar-refractivity contribution in [3.8, 4) is 11.3 Å². The predicted molar refractivity (Wildman–Crippen MR) is 100 cm³/mol. The first kappa shape index (κ1) is 19.1. The van der Waals surface area contributed by atoms with E-state index in [1.165, 1.54) is 29.8 Å². The van der Waals surface area contributed by atoms with Crippen LogP contribution in [0.5, 0.6) is 0 Å². The Bertz CT molecular complexity index is 1130. The number of aromatic nitrogens is 5. The van der Waals surface area contributed by atoms with Gasteiger partial charge in [0.25, 0.3) is 5.91 Å². The molecule has 4 rings (SSSR count). The van der Waals surface area contributed by atoms with Crippen molar-refractivity contribution in [1.82, 2.24) is 29.5 Å². The maximum atomic E-state index is 12.7. The fourth-order valence-corrected chi connectivity index (χ4v) is 3.72. The van der Waals surface area contributed by atoms with E-state index in [2.05, 4.69) is 20.4 Å². The zero-order valence-corrected chi connectivity index (χ0v) is 15.9. The van der Waals surface area contributed by atoms with E-state index in [1.54, 1.807) is 27.0 Å². The predicted octanol–water partition coefficient (Wildman–Crippen LogP) is 3.49. The molecular weight excluding hydrogens is 405 g/mol. The monoisotopic (exact) mass is 420 g/mol. The molecule has 0 aliphatic carbocycles. The number of imidazole rings is 1. The van der Waals surface area contributed by atoms with E-state index in [4.69, 9.17) is 0 Å². The highest BCUT2D eigenvalue weighted by Gasteiger charge is 2.30. The summed E-state index contributed by atoms with van der Waals surface area (Å²) in [6, 6.07) is 4.59. The van der Waals surface area contributed by atoms with Crippen LogP contribution in [0, 0.1) is 0 Å². The van der Waals surface area contributed by atoms with Gasteiger partial charge in [-0.25, -0.2) is 9.97 Å². The van der Waals surface area contributed by atoms with Gasteiger partial charge in [0.05, 0.1) is 17.8 Å². The van der Waals surface area contributed by atoms with Gasteiger partial charge in [0.15, 0.2) is 4.96 Å². The van der Waals surface area contributed by atoms with Gasteiger partial charge in [-0.2, -0.15) is 18.3 Å². The molecule has 3 heterocycles. The van der Waals surface area contributed by atoms with Crippen molar-refractivity contribution < 1.29 is 18.0 Å². The summed E-state index contributed by atoms with van der Waals surface area (Å²) < 4.78 is 41.5. The molecule has 0 spiro atoms. The average molecular weight is 420 g/mol. The molecule has 0 bridgehead atoms. The number of halogens is 3. The third kappa shape index (κ3) is 3.99. The minimum Gasteiger partial charge on any atom is -0.346 e. The molecule has 1 atom stereocenters. The summed E-state index contributed by atoms with van der Waals surface area (Å²) in [5.41, 5.74) is 0.722. The van der Waals surface area contributed by atoms with E-state index in [9.17, 15) is 18.0 Å². The number of hydrogen-bond donors (Lipinski definition) is 1. The Morgan fingerprint density at radius 1 is 1.28 bits per heavy atom. The number of carbonyl (C=O) groups excluding carboxylic acids is 1. The second-order valence-corrected chi connectivity index (χ2v) is 7.30. The van der Waals surface area contributed by atoms with Crippen molar-refractivity contribution in [3.05, 3.63) is 59.8 Å². The summed E-state index contributed by atoms with van der Waals surface area (Å²) >= 11 is 1.28. The van der Waals surface area contributed by atoms with Gasteiger partial charge in [-0.05, 0) is 19.1 Å². The van der Waals surface area contributed by atoms with Crippen LogP contribution in [0.3, 0.4) is 0 Å². The lowest BCUT2D eigenvalue weighted by molar-refractivity contribution is -0.137. The summed E-state index contributed by atoms with van der Waals surface area (Å²) in [6.07, 6.45) is 0.246. The van der Waals surface area contributed by atoms with Crippen molar-refractivity contribution in [2.75, 3.05) is 0 Å². The number of nitrogens with one attached hydrogen (secondary N) is 1. The lowest BCUT2D eigenvalue weighted by atomic mass is 10.1. The number of carbonyl (C=O) groups is 1. The zero-order valence-electron chi connectivity index (χ0n) is 15.1. The lowest BCUT2D eigenvalue weighted by Crippen LogP contribution is -2.36. The number of thiazole rings is 1. The molecule has 1 N–H and O–H groups in total. The van der Waals surface area contributed by atoms with Gasteiger partial charge in [0.1, 0.15) is 18.3 Å².